The fourth-order valence-electron chi connectivity index (χ4n) is 2.37. The highest BCUT2D eigenvalue weighted by molar-refractivity contribution is 6.30. The van der Waals surface area contributed by atoms with Crippen molar-refractivity contribution in [1.82, 2.24) is 5.32 Å². The summed E-state index contributed by atoms with van der Waals surface area (Å²) in [7, 11) is 0. The first kappa shape index (κ1) is 16.2. The largest absolute Gasteiger partial charge is 0.394 e. The molecule has 5 nitrogen and oxygen atoms in total. The lowest BCUT2D eigenvalue weighted by Crippen LogP contribution is -2.50. The van der Waals surface area contributed by atoms with Gasteiger partial charge in [-0.2, -0.15) is 0 Å². The van der Waals surface area contributed by atoms with Crippen molar-refractivity contribution in [2.24, 2.45) is 0 Å². The van der Waals surface area contributed by atoms with Crippen LogP contribution in [-0.2, 0) is 9.47 Å². The van der Waals surface area contributed by atoms with Gasteiger partial charge in [0.2, 0.25) is 0 Å². The number of ether oxygens (including phenoxy) is 2. The van der Waals surface area contributed by atoms with Crippen molar-refractivity contribution in [3.63, 3.8) is 0 Å². The molecule has 1 saturated heterocycles. The van der Waals surface area contributed by atoms with Gasteiger partial charge < -0.3 is 19.9 Å². The summed E-state index contributed by atoms with van der Waals surface area (Å²) in [5.74, 6) is -0.145. The van der Waals surface area contributed by atoms with Crippen molar-refractivity contribution in [2.45, 2.75) is 25.5 Å². The van der Waals surface area contributed by atoms with E-state index in [4.69, 9.17) is 26.2 Å². The smallest absolute Gasteiger partial charge is 0.251 e. The Morgan fingerprint density at radius 3 is 3.10 bits per heavy atom. The zero-order valence-electron chi connectivity index (χ0n) is 12.0. The molecular formula is C15H20ClNO4. The molecule has 2 N–H and O–H groups in total. The molecule has 21 heavy (non-hydrogen) atoms. The Labute approximate surface area is 129 Å². The van der Waals surface area contributed by atoms with Crippen LogP contribution in [0.5, 0.6) is 0 Å². The Kier molecular flexibility index (Phi) is 5.99. The predicted molar refractivity (Wildman–Crippen MR) is 79.7 cm³/mol. The number of aliphatic hydroxyl groups is 1. The summed E-state index contributed by atoms with van der Waals surface area (Å²) in [6, 6.07) is 5.07. The summed E-state index contributed by atoms with van der Waals surface area (Å²) in [6.07, 6.45) is 0.455. The molecule has 0 saturated carbocycles. The molecule has 1 fully saturated rings. The number of nitrogens with one attached hydrogen (secondary N) is 1. The number of amides is 1. The van der Waals surface area contributed by atoms with Crippen LogP contribution in [0.15, 0.2) is 18.2 Å². The lowest BCUT2D eigenvalue weighted by atomic mass is 10.0. The van der Waals surface area contributed by atoms with E-state index in [1.807, 2.05) is 6.92 Å². The zero-order chi connectivity index (χ0) is 15.2. The summed E-state index contributed by atoms with van der Waals surface area (Å²) in [4.78, 5) is 12.4. The molecule has 1 heterocycles. The lowest BCUT2D eigenvalue weighted by Gasteiger charge is -2.32. The molecule has 116 valence electrons. The number of aliphatic hydroxyl groups excluding tert-OH is 1. The average Bonchev–Trinajstić information content (AvgIpc) is 2.46. The first-order valence-electron chi connectivity index (χ1n) is 6.99. The number of carbonyl (C=O) groups is 1. The zero-order valence-corrected chi connectivity index (χ0v) is 12.7. The fraction of sp³-hybridized carbons (Fsp3) is 0.533. The van der Waals surface area contributed by atoms with E-state index in [0.717, 1.165) is 5.56 Å². The van der Waals surface area contributed by atoms with E-state index in [9.17, 15) is 4.79 Å². The second kappa shape index (κ2) is 7.75. The second-order valence-corrected chi connectivity index (χ2v) is 5.47. The van der Waals surface area contributed by atoms with Crippen LogP contribution in [0.2, 0.25) is 5.02 Å². The third-order valence-electron chi connectivity index (χ3n) is 3.48. The van der Waals surface area contributed by atoms with Gasteiger partial charge in [-0.1, -0.05) is 11.6 Å². The standard InChI is InChI=1S/C15H20ClNO4/c1-10-8-11(16)2-3-12(10)15(19)17-13-4-6-20-9-14(13)21-7-5-18/h2-3,8,13-14,18H,4-7,9H2,1H3,(H,17,19)/t13-,14-/m1/s1. The van der Waals surface area contributed by atoms with Crippen LogP contribution in [0, 0.1) is 6.92 Å². The molecule has 1 amide bonds. The first-order valence-corrected chi connectivity index (χ1v) is 7.37. The molecule has 1 aromatic carbocycles. The summed E-state index contributed by atoms with van der Waals surface area (Å²) in [6.45, 7) is 3.05. The van der Waals surface area contributed by atoms with Gasteiger partial charge in [0.05, 0.1) is 25.9 Å². The van der Waals surface area contributed by atoms with Gasteiger partial charge in [-0.05, 0) is 37.1 Å². The number of aryl methyl sites for hydroxylation is 1. The maximum Gasteiger partial charge on any atom is 0.251 e. The molecule has 1 aliphatic heterocycles. The minimum atomic E-state index is -0.234. The Morgan fingerprint density at radius 1 is 1.57 bits per heavy atom. The van der Waals surface area contributed by atoms with Crippen molar-refractivity contribution in [2.75, 3.05) is 26.4 Å². The molecule has 2 rings (SSSR count). The molecule has 0 aliphatic carbocycles. The van der Waals surface area contributed by atoms with Gasteiger partial charge in [-0.15, -0.1) is 0 Å². The maximum atomic E-state index is 12.4. The molecule has 1 aliphatic rings. The van der Waals surface area contributed by atoms with Crippen LogP contribution >= 0.6 is 11.6 Å². The molecule has 2 atom stereocenters. The summed E-state index contributed by atoms with van der Waals surface area (Å²) < 4.78 is 10.9. The SMILES string of the molecule is Cc1cc(Cl)ccc1C(=O)N[C@@H]1CCOC[C@H]1OCCO. The highest BCUT2D eigenvalue weighted by atomic mass is 35.5. The Bertz CT molecular complexity index is 495. The van der Waals surface area contributed by atoms with E-state index < -0.39 is 0 Å². The fourth-order valence-corrected chi connectivity index (χ4v) is 2.60. The molecule has 0 unspecified atom stereocenters. The van der Waals surface area contributed by atoms with Crippen LogP contribution in [0.25, 0.3) is 0 Å². The van der Waals surface area contributed by atoms with Crippen molar-refractivity contribution in [3.05, 3.63) is 34.3 Å². The van der Waals surface area contributed by atoms with Crippen LogP contribution in [0.3, 0.4) is 0 Å². The van der Waals surface area contributed by atoms with Crippen LogP contribution < -0.4 is 5.32 Å². The highest BCUT2D eigenvalue weighted by Gasteiger charge is 2.28. The van der Waals surface area contributed by atoms with Crippen LogP contribution in [-0.4, -0.2) is 49.6 Å². The Hall–Kier alpha value is -1.14. The Balaban J connectivity index is 2.02. The van der Waals surface area contributed by atoms with Crippen molar-refractivity contribution < 1.29 is 19.4 Å². The molecule has 0 bridgehead atoms. The minimum absolute atomic E-state index is 0.0482. The molecule has 0 spiro atoms. The molecular weight excluding hydrogens is 294 g/mol. The average molecular weight is 314 g/mol. The monoisotopic (exact) mass is 313 g/mol. The number of benzene rings is 1. The van der Waals surface area contributed by atoms with Crippen LogP contribution in [0.4, 0.5) is 0 Å². The number of hydrogen-bond donors (Lipinski definition) is 2. The number of carbonyl (C=O) groups excluding carboxylic acids is 1. The van der Waals surface area contributed by atoms with Gasteiger partial charge in [-0.3, -0.25) is 4.79 Å². The van der Waals surface area contributed by atoms with Gasteiger partial charge in [0.15, 0.2) is 0 Å². The topological polar surface area (TPSA) is 67.8 Å². The third kappa shape index (κ3) is 4.41. The van der Waals surface area contributed by atoms with Crippen molar-refractivity contribution in [3.8, 4) is 0 Å². The first-order chi connectivity index (χ1) is 10.1. The summed E-state index contributed by atoms with van der Waals surface area (Å²) >= 11 is 5.90. The van der Waals surface area contributed by atoms with E-state index in [1.54, 1.807) is 18.2 Å². The number of rotatable bonds is 5. The summed E-state index contributed by atoms with van der Waals surface area (Å²) in [5.41, 5.74) is 1.44. The van der Waals surface area contributed by atoms with Crippen molar-refractivity contribution in [1.29, 1.82) is 0 Å². The van der Waals surface area contributed by atoms with Crippen LogP contribution in [0.1, 0.15) is 22.3 Å². The summed E-state index contributed by atoms with van der Waals surface area (Å²) in [5, 5.41) is 12.4. The number of halogens is 1. The number of hydrogen-bond acceptors (Lipinski definition) is 4. The van der Waals surface area contributed by atoms with Gasteiger partial charge in [-0.25, -0.2) is 0 Å². The second-order valence-electron chi connectivity index (χ2n) is 5.04. The predicted octanol–water partition coefficient (Wildman–Crippen LogP) is 1.54. The maximum absolute atomic E-state index is 12.4. The van der Waals surface area contributed by atoms with Gasteiger partial charge in [0.1, 0.15) is 6.10 Å². The van der Waals surface area contributed by atoms with Crippen molar-refractivity contribution >= 4 is 17.5 Å². The quantitative estimate of drug-likeness (QED) is 0.865. The minimum Gasteiger partial charge on any atom is -0.394 e. The van der Waals surface area contributed by atoms with E-state index >= 15 is 0 Å². The molecule has 6 heteroatoms. The molecule has 0 aromatic heterocycles. The molecule has 1 aromatic rings. The van der Waals surface area contributed by atoms with E-state index in [1.165, 1.54) is 0 Å². The van der Waals surface area contributed by atoms with E-state index in [0.29, 0.717) is 30.2 Å². The van der Waals surface area contributed by atoms with Gasteiger partial charge in [0, 0.05) is 17.2 Å². The normalized spacial score (nSPS) is 22.0. The molecule has 0 radical (unpaired) electrons. The van der Waals surface area contributed by atoms with E-state index in [2.05, 4.69) is 5.32 Å². The third-order valence-corrected chi connectivity index (χ3v) is 3.71. The Morgan fingerprint density at radius 2 is 2.38 bits per heavy atom. The highest BCUT2D eigenvalue weighted by Crippen LogP contribution is 2.17. The van der Waals surface area contributed by atoms with Gasteiger partial charge >= 0.3 is 0 Å². The van der Waals surface area contributed by atoms with Gasteiger partial charge in [0.25, 0.3) is 5.91 Å². The lowest BCUT2D eigenvalue weighted by molar-refractivity contribution is -0.0737. The van der Waals surface area contributed by atoms with E-state index in [-0.39, 0.29) is 31.3 Å².